The van der Waals surface area contributed by atoms with E-state index in [1.165, 1.54) is 44.2 Å². The second kappa shape index (κ2) is 6.75. The molecule has 0 bridgehead atoms. The quantitative estimate of drug-likeness (QED) is 0.853. The summed E-state index contributed by atoms with van der Waals surface area (Å²) in [6.45, 7) is 6.93. The minimum absolute atomic E-state index is 0.331. The van der Waals surface area contributed by atoms with Crippen molar-refractivity contribution in [3.8, 4) is 0 Å². The maximum Gasteiger partial charge on any atom is 0.0624 e. The average Bonchev–Trinajstić information content (AvgIpc) is 3.03. The predicted molar refractivity (Wildman–Crippen MR) is 85.0 cm³/mol. The van der Waals surface area contributed by atoms with Gasteiger partial charge in [0.1, 0.15) is 0 Å². The van der Waals surface area contributed by atoms with Gasteiger partial charge in [-0.15, -0.1) is 0 Å². The summed E-state index contributed by atoms with van der Waals surface area (Å²) in [5, 5.41) is 8.23. The van der Waals surface area contributed by atoms with Crippen LogP contribution in [0.3, 0.4) is 0 Å². The Morgan fingerprint density at radius 2 is 2.05 bits per heavy atom. The Labute approximate surface area is 124 Å². The Morgan fingerprint density at radius 3 is 2.65 bits per heavy atom. The summed E-state index contributed by atoms with van der Waals surface area (Å²) in [5.41, 5.74) is 1.60. The van der Waals surface area contributed by atoms with E-state index in [9.17, 15) is 0 Å². The summed E-state index contributed by atoms with van der Waals surface area (Å²) in [7, 11) is 2.07. The third kappa shape index (κ3) is 4.08. The number of hydrogen-bond donors (Lipinski definition) is 1. The summed E-state index contributed by atoms with van der Waals surface area (Å²) >= 11 is 0. The van der Waals surface area contributed by atoms with E-state index in [1.54, 1.807) is 0 Å². The largest absolute Gasteiger partial charge is 0.316 e. The zero-order valence-corrected chi connectivity index (χ0v) is 13.7. The smallest absolute Gasteiger partial charge is 0.0624 e. The summed E-state index contributed by atoms with van der Waals surface area (Å²) in [5.74, 6) is 0. The third-order valence-corrected chi connectivity index (χ3v) is 4.68. The van der Waals surface area contributed by atoms with E-state index < -0.39 is 0 Å². The number of nitrogens with one attached hydrogen (secondary N) is 1. The number of aryl methyl sites for hydroxylation is 1. The number of hydrogen-bond acceptors (Lipinski definition) is 2. The maximum absolute atomic E-state index is 4.77. The van der Waals surface area contributed by atoms with E-state index in [2.05, 4.69) is 50.1 Å². The first kappa shape index (κ1) is 15.6. The third-order valence-electron chi connectivity index (χ3n) is 4.68. The standard InChI is InChI=1S/C17H31N3/c1-17(2,3)16(18-4)11-7-8-14-12-13-20(19-14)15-9-5-6-10-15/h12-13,15-16,18H,5-11H2,1-4H3. The second-order valence-corrected chi connectivity index (χ2v) is 7.32. The van der Waals surface area contributed by atoms with E-state index in [0.717, 1.165) is 6.42 Å². The van der Waals surface area contributed by atoms with E-state index in [-0.39, 0.29) is 0 Å². The van der Waals surface area contributed by atoms with Crippen LogP contribution >= 0.6 is 0 Å². The lowest BCUT2D eigenvalue weighted by molar-refractivity contribution is 0.263. The molecule has 20 heavy (non-hydrogen) atoms. The van der Waals surface area contributed by atoms with Gasteiger partial charge in [-0.05, 0) is 50.6 Å². The molecule has 3 heteroatoms. The van der Waals surface area contributed by atoms with Crippen molar-refractivity contribution in [1.82, 2.24) is 15.1 Å². The molecule has 1 heterocycles. The van der Waals surface area contributed by atoms with Crippen molar-refractivity contribution < 1.29 is 0 Å². The van der Waals surface area contributed by atoms with Crippen LogP contribution in [0.5, 0.6) is 0 Å². The highest BCUT2D eigenvalue weighted by Crippen LogP contribution is 2.29. The molecule has 0 spiro atoms. The molecule has 0 radical (unpaired) electrons. The summed E-state index contributed by atoms with van der Waals surface area (Å²) < 4.78 is 2.21. The fourth-order valence-corrected chi connectivity index (χ4v) is 3.38. The molecule has 1 saturated carbocycles. The minimum Gasteiger partial charge on any atom is -0.316 e. The molecule has 114 valence electrons. The zero-order chi connectivity index (χ0) is 14.6. The van der Waals surface area contributed by atoms with Crippen LogP contribution < -0.4 is 5.32 Å². The van der Waals surface area contributed by atoms with Crippen molar-refractivity contribution in [2.75, 3.05) is 7.05 Å². The summed E-state index contributed by atoms with van der Waals surface area (Å²) in [4.78, 5) is 0. The second-order valence-electron chi connectivity index (χ2n) is 7.32. The number of aromatic nitrogens is 2. The molecule has 1 aromatic rings. The fourth-order valence-electron chi connectivity index (χ4n) is 3.38. The van der Waals surface area contributed by atoms with Gasteiger partial charge in [-0.3, -0.25) is 4.68 Å². The molecule has 0 aliphatic heterocycles. The maximum atomic E-state index is 4.77. The molecule has 1 N–H and O–H groups in total. The van der Waals surface area contributed by atoms with Crippen molar-refractivity contribution in [2.45, 2.75) is 77.8 Å². The molecule has 1 aliphatic carbocycles. The first-order valence-corrected chi connectivity index (χ1v) is 8.22. The van der Waals surface area contributed by atoms with Gasteiger partial charge in [0.25, 0.3) is 0 Å². The average molecular weight is 277 g/mol. The highest BCUT2D eigenvalue weighted by molar-refractivity contribution is 5.00. The lowest BCUT2D eigenvalue weighted by atomic mass is 9.84. The molecule has 1 unspecified atom stereocenters. The van der Waals surface area contributed by atoms with Crippen LogP contribution in [0, 0.1) is 5.41 Å². The molecule has 0 saturated heterocycles. The lowest BCUT2D eigenvalue weighted by Gasteiger charge is -2.30. The first-order valence-electron chi connectivity index (χ1n) is 8.22. The molecular formula is C17H31N3. The van der Waals surface area contributed by atoms with E-state index >= 15 is 0 Å². The van der Waals surface area contributed by atoms with Crippen LogP contribution in [-0.4, -0.2) is 22.9 Å². The topological polar surface area (TPSA) is 29.9 Å². The molecule has 0 aromatic carbocycles. The molecule has 0 amide bonds. The van der Waals surface area contributed by atoms with Crippen molar-refractivity contribution in [2.24, 2.45) is 5.41 Å². The normalized spacial score (nSPS) is 18.6. The SMILES string of the molecule is CNC(CCCc1ccn(C2CCCC2)n1)C(C)(C)C. The van der Waals surface area contributed by atoms with E-state index in [1.807, 2.05) is 0 Å². The van der Waals surface area contributed by atoms with E-state index in [0.29, 0.717) is 17.5 Å². The first-order chi connectivity index (χ1) is 9.50. The van der Waals surface area contributed by atoms with E-state index in [4.69, 9.17) is 5.10 Å². The molecule has 1 aromatic heterocycles. The van der Waals surface area contributed by atoms with Crippen LogP contribution in [0.2, 0.25) is 0 Å². The van der Waals surface area contributed by atoms with Crippen LogP contribution in [0.4, 0.5) is 0 Å². The summed E-state index contributed by atoms with van der Waals surface area (Å²) in [6, 6.07) is 3.46. The Balaban J connectivity index is 1.79. The Morgan fingerprint density at radius 1 is 1.35 bits per heavy atom. The van der Waals surface area contributed by atoms with Crippen LogP contribution in [0.15, 0.2) is 12.3 Å². The lowest BCUT2D eigenvalue weighted by Crippen LogP contribution is -2.37. The number of rotatable bonds is 6. The van der Waals surface area contributed by atoms with Gasteiger partial charge in [-0.1, -0.05) is 33.6 Å². The molecular weight excluding hydrogens is 246 g/mol. The molecule has 1 aliphatic rings. The van der Waals surface area contributed by atoms with Gasteiger partial charge in [-0.2, -0.15) is 5.10 Å². The monoisotopic (exact) mass is 277 g/mol. The zero-order valence-electron chi connectivity index (χ0n) is 13.7. The molecule has 1 fully saturated rings. The highest BCUT2D eigenvalue weighted by atomic mass is 15.3. The Kier molecular flexibility index (Phi) is 5.25. The van der Waals surface area contributed by atoms with Gasteiger partial charge < -0.3 is 5.32 Å². The van der Waals surface area contributed by atoms with Crippen LogP contribution in [-0.2, 0) is 6.42 Å². The Bertz CT molecular complexity index is 397. The van der Waals surface area contributed by atoms with Crippen molar-refractivity contribution in [3.05, 3.63) is 18.0 Å². The van der Waals surface area contributed by atoms with Crippen molar-refractivity contribution in [3.63, 3.8) is 0 Å². The van der Waals surface area contributed by atoms with Gasteiger partial charge in [0.2, 0.25) is 0 Å². The van der Waals surface area contributed by atoms with Crippen molar-refractivity contribution >= 4 is 0 Å². The van der Waals surface area contributed by atoms with Gasteiger partial charge in [0.05, 0.1) is 11.7 Å². The molecule has 1 atom stereocenters. The van der Waals surface area contributed by atoms with Crippen LogP contribution in [0.1, 0.15) is 71.0 Å². The summed E-state index contributed by atoms with van der Waals surface area (Å²) in [6.07, 6.45) is 11.1. The fraction of sp³-hybridized carbons (Fsp3) is 0.824. The van der Waals surface area contributed by atoms with Gasteiger partial charge in [0.15, 0.2) is 0 Å². The molecule has 2 rings (SSSR count). The van der Waals surface area contributed by atoms with Gasteiger partial charge in [0, 0.05) is 12.2 Å². The highest BCUT2D eigenvalue weighted by Gasteiger charge is 2.22. The minimum atomic E-state index is 0.331. The Hall–Kier alpha value is -0.830. The van der Waals surface area contributed by atoms with Crippen LogP contribution in [0.25, 0.3) is 0 Å². The van der Waals surface area contributed by atoms with Crippen molar-refractivity contribution in [1.29, 1.82) is 0 Å². The van der Waals surface area contributed by atoms with Gasteiger partial charge in [-0.25, -0.2) is 0 Å². The predicted octanol–water partition coefficient (Wildman–Crippen LogP) is 3.96. The molecule has 3 nitrogen and oxygen atoms in total. The van der Waals surface area contributed by atoms with Gasteiger partial charge >= 0.3 is 0 Å². The number of nitrogens with zero attached hydrogens (tertiary/aromatic N) is 2.